The molecule has 0 aliphatic rings. The Labute approximate surface area is 525 Å². The number of hydrogen-bond acceptors (Lipinski definition) is 5. The van der Waals surface area contributed by atoms with Crippen LogP contribution in [0, 0.1) is 0 Å². The van der Waals surface area contributed by atoms with Crippen LogP contribution in [-0.2, 0) is 14.3 Å². The Hall–Kier alpha value is -2.18. The van der Waals surface area contributed by atoms with Gasteiger partial charge < -0.3 is 20.3 Å². The van der Waals surface area contributed by atoms with Gasteiger partial charge in [-0.2, -0.15) is 0 Å². The van der Waals surface area contributed by atoms with Gasteiger partial charge >= 0.3 is 5.97 Å². The first-order valence-corrected chi connectivity index (χ1v) is 37.9. The summed E-state index contributed by atoms with van der Waals surface area (Å²) < 4.78 is 5.48. The SMILES string of the molecule is CCC/C=C\C/C=C\CCCCCCCC(=O)OCCCCCCCCCCCCCCCCCC/C=C\CCCCCCCCCCCCCCCCCCCC(=O)NC(CO)C(O)/C=C/CCCCCCCCCCCCCCCCC. The van der Waals surface area contributed by atoms with E-state index in [-0.39, 0.29) is 18.5 Å². The van der Waals surface area contributed by atoms with Crippen LogP contribution in [0.4, 0.5) is 0 Å². The largest absolute Gasteiger partial charge is 0.466 e. The molecule has 6 nitrogen and oxygen atoms in total. The second-order valence-corrected chi connectivity index (χ2v) is 26.0. The summed E-state index contributed by atoms with van der Waals surface area (Å²) in [5, 5.41) is 23.2. The molecule has 0 saturated heterocycles. The lowest BCUT2D eigenvalue weighted by Crippen LogP contribution is -2.45. The van der Waals surface area contributed by atoms with E-state index in [1.807, 2.05) is 6.08 Å². The Balaban J connectivity index is 3.35. The molecule has 0 aliphatic heterocycles. The molecule has 0 heterocycles. The molecular formula is C78H147NO5. The lowest BCUT2D eigenvalue weighted by Gasteiger charge is -2.20. The third-order valence-corrected chi connectivity index (χ3v) is 17.5. The van der Waals surface area contributed by atoms with Crippen molar-refractivity contribution < 1.29 is 24.5 Å². The van der Waals surface area contributed by atoms with Gasteiger partial charge in [0.15, 0.2) is 0 Å². The van der Waals surface area contributed by atoms with Crippen molar-refractivity contribution in [3.63, 3.8) is 0 Å². The zero-order valence-corrected chi connectivity index (χ0v) is 56.6. The Morgan fingerprint density at radius 3 is 0.964 bits per heavy atom. The third-order valence-electron chi connectivity index (χ3n) is 17.5. The average Bonchev–Trinajstić information content (AvgIpc) is 3.51. The lowest BCUT2D eigenvalue weighted by atomic mass is 10.0. The summed E-state index contributed by atoms with van der Waals surface area (Å²) in [7, 11) is 0. The van der Waals surface area contributed by atoms with Crippen molar-refractivity contribution in [1.82, 2.24) is 5.32 Å². The minimum Gasteiger partial charge on any atom is -0.466 e. The maximum absolute atomic E-state index is 12.5. The molecule has 0 saturated carbocycles. The summed E-state index contributed by atoms with van der Waals surface area (Å²) in [6.45, 7) is 4.87. The van der Waals surface area contributed by atoms with Crippen molar-refractivity contribution in [1.29, 1.82) is 0 Å². The number of unbranched alkanes of at least 4 members (excludes halogenated alkanes) is 54. The number of carbonyl (C=O) groups is 2. The van der Waals surface area contributed by atoms with E-state index >= 15 is 0 Å². The van der Waals surface area contributed by atoms with Gasteiger partial charge in [0.05, 0.1) is 25.4 Å². The van der Waals surface area contributed by atoms with Crippen molar-refractivity contribution in [2.45, 2.75) is 424 Å². The highest BCUT2D eigenvalue weighted by atomic mass is 16.5. The summed E-state index contributed by atoms with van der Waals surface area (Å²) in [4.78, 5) is 24.6. The van der Waals surface area contributed by atoms with Crippen LogP contribution in [0.3, 0.4) is 0 Å². The van der Waals surface area contributed by atoms with Gasteiger partial charge in [0.2, 0.25) is 5.91 Å². The minimum atomic E-state index is -0.842. The number of rotatable bonds is 71. The highest BCUT2D eigenvalue weighted by molar-refractivity contribution is 5.76. The first-order valence-electron chi connectivity index (χ1n) is 37.9. The fraction of sp³-hybridized carbons (Fsp3) is 0.872. The lowest BCUT2D eigenvalue weighted by molar-refractivity contribution is -0.143. The molecule has 0 aromatic carbocycles. The molecule has 494 valence electrons. The zero-order chi connectivity index (χ0) is 60.6. The van der Waals surface area contributed by atoms with E-state index in [4.69, 9.17) is 4.74 Å². The van der Waals surface area contributed by atoms with Crippen LogP contribution < -0.4 is 5.32 Å². The fourth-order valence-electron chi connectivity index (χ4n) is 11.8. The average molecular weight is 1180 g/mol. The van der Waals surface area contributed by atoms with E-state index in [1.54, 1.807) is 6.08 Å². The van der Waals surface area contributed by atoms with E-state index in [1.165, 1.54) is 334 Å². The van der Waals surface area contributed by atoms with Crippen LogP contribution in [-0.4, -0.2) is 47.4 Å². The van der Waals surface area contributed by atoms with Crippen molar-refractivity contribution in [2.24, 2.45) is 0 Å². The van der Waals surface area contributed by atoms with Gasteiger partial charge in [-0.3, -0.25) is 9.59 Å². The molecule has 0 fully saturated rings. The number of aliphatic hydroxyl groups is 2. The van der Waals surface area contributed by atoms with Gasteiger partial charge in [-0.15, -0.1) is 0 Å². The molecular weight excluding hydrogens is 1030 g/mol. The van der Waals surface area contributed by atoms with E-state index in [0.29, 0.717) is 19.4 Å². The van der Waals surface area contributed by atoms with E-state index in [2.05, 4.69) is 55.6 Å². The van der Waals surface area contributed by atoms with Crippen molar-refractivity contribution >= 4 is 11.9 Å². The van der Waals surface area contributed by atoms with Gasteiger partial charge in [-0.25, -0.2) is 0 Å². The predicted molar refractivity (Wildman–Crippen MR) is 370 cm³/mol. The molecule has 3 N–H and O–H groups in total. The van der Waals surface area contributed by atoms with E-state index < -0.39 is 12.1 Å². The van der Waals surface area contributed by atoms with Gasteiger partial charge in [0, 0.05) is 12.8 Å². The van der Waals surface area contributed by atoms with Crippen LogP contribution in [0.2, 0.25) is 0 Å². The molecule has 6 heteroatoms. The number of nitrogens with one attached hydrogen (secondary N) is 1. The summed E-state index contributed by atoms with van der Waals surface area (Å²) in [5.74, 6) is -0.0551. The molecule has 1 amide bonds. The van der Waals surface area contributed by atoms with Crippen LogP contribution in [0.1, 0.15) is 412 Å². The molecule has 2 atom stereocenters. The van der Waals surface area contributed by atoms with Crippen molar-refractivity contribution in [2.75, 3.05) is 13.2 Å². The number of hydrogen-bond donors (Lipinski definition) is 3. The standard InChI is InChI=1S/C78H147NO5/c1-3-5-7-9-11-13-15-17-18-40-43-47-50-54-58-62-66-70-76(81)75(74-80)79-77(82)71-67-63-59-55-51-48-44-41-38-36-34-32-30-28-26-24-22-20-19-21-23-25-27-29-31-33-35-37-39-42-45-49-53-57-61-65-69-73-84-78(83)72-68-64-60-56-52-46-16-14-12-10-8-6-4-2/h8,10,14,16,19,21,66,70,75-76,80-81H,3-7,9,11-13,15,17-18,20,22-65,67-69,71-74H2,1-2H3,(H,79,82)/b10-8-,16-14-,21-19-,70-66+. The van der Waals surface area contributed by atoms with Crippen LogP contribution in [0.5, 0.6) is 0 Å². The number of ether oxygens (including phenoxy) is 1. The zero-order valence-electron chi connectivity index (χ0n) is 56.6. The smallest absolute Gasteiger partial charge is 0.305 e. The molecule has 2 unspecified atom stereocenters. The highest BCUT2D eigenvalue weighted by Crippen LogP contribution is 2.19. The van der Waals surface area contributed by atoms with E-state index in [9.17, 15) is 19.8 Å². The summed E-state index contributed by atoms with van der Waals surface area (Å²) >= 11 is 0. The molecule has 0 spiro atoms. The Bertz CT molecular complexity index is 1400. The summed E-state index contributed by atoms with van der Waals surface area (Å²) in [6.07, 6.45) is 96.6. The molecule has 0 aliphatic carbocycles. The van der Waals surface area contributed by atoms with Crippen molar-refractivity contribution in [3.05, 3.63) is 48.6 Å². The number of esters is 1. The highest BCUT2D eigenvalue weighted by Gasteiger charge is 2.18. The Kier molecular flexibility index (Phi) is 71.4. The Morgan fingerprint density at radius 2 is 0.619 bits per heavy atom. The summed E-state index contributed by atoms with van der Waals surface area (Å²) in [6, 6.07) is -0.625. The molecule has 0 radical (unpaired) electrons. The van der Waals surface area contributed by atoms with Crippen LogP contribution in [0.15, 0.2) is 48.6 Å². The first-order chi connectivity index (χ1) is 41.5. The predicted octanol–water partition coefficient (Wildman–Crippen LogP) is 24.8. The maximum atomic E-state index is 12.5. The second-order valence-electron chi connectivity index (χ2n) is 26.0. The molecule has 0 aromatic rings. The molecule has 0 bridgehead atoms. The number of allylic oxidation sites excluding steroid dienone is 7. The fourth-order valence-corrected chi connectivity index (χ4v) is 11.8. The van der Waals surface area contributed by atoms with Gasteiger partial charge in [-0.1, -0.05) is 364 Å². The normalized spacial score (nSPS) is 12.8. The number of carbonyl (C=O) groups excluding carboxylic acids is 2. The molecule has 0 aromatic heterocycles. The van der Waals surface area contributed by atoms with Gasteiger partial charge in [0.1, 0.15) is 0 Å². The third kappa shape index (κ3) is 68.9. The van der Waals surface area contributed by atoms with Crippen molar-refractivity contribution in [3.8, 4) is 0 Å². The first kappa shape index (κ1) is 81.8. The topological polar surface area (TPSA) is 95.9 Å². The maximum Gasteiger partial charge on any atom is 0.305 e. The molecule has 84 heavy (non-hydrogen) atoms. The quantitative estimate of drug-likeness (QED) is 0.0320. The Morgan fingerprint density at radius 1 is 0.333 bits per heavy atom. The van der Waals surface area contributed by atoms with Gasteiger partial charge in [0.25, 0.3) is 0 Å². The van der Waals surface area contributed by atoms with Crippen LogP contribution >= 0.6 is 0 Å². The van der Waals surface area contributed by atoms with Gasteiger partial charge in [-0.05, 0) is 83.5 Å². The monoisotopic (exact) mass is 1180 g/mol. The number of aliphatic hydroxyl groups excluding tert-OH is 2. The minimum absolute atomic E-state index is 0.00596. The second kappa shape index (κ2) is 73.3. The summed E-state index contributed by atoms with van der Waals surface area (Å²) in [5.41, 5.74) is 0. The van der Waals surface area contributed by atoms with E-state index in [0.717, 1.165) is 51.4 Å². The molecule has 0 rings (SSSR count). The number of amides is 1. The van der Waals surface area contributed by atoms with Crippen LogP contribution in [0.25, 0.3) is 0 Å².